The molecule has 1 aliphatic rings. The molecule has 0 bridgehead atoms. The Bertz CT molecular complexity index is 849. The molecule has 1 aromatic heterocycles. The van der Waals surface area contributed by atoms with Gasteiger partial charge in [-0.2, -0.15) is 5.10 Å². The molecule has 0 saturated carbocycles. The number of nitrogens with zero attached hydrogens (tertiary/aromatic N) is 4. The van der Waals surface area contributed by atoms with Crippen molar-refractivity contribution in [1.29, 1.82) is 0 Å². The summed E-state index contributed by atoms with van der Waals surface area (Å²) in [4.78, 5) is 16.4. The molecule has 144 valence electrons. The first-order valence-electron chi connectivity index (χ1n) is 8.99. The number of piperazine rings is 1. The van der Waals surface area contributed by atoms with Gasteiger partial charge in [0.1, 0.15) is 5.82 Å². The molecule has 0 aliphatic carbocycles. The van der Waals surface area contributed by atoms with E-state index < -0.39 is 0 Å². The van der Waals surface area contributed by atoms with Gasteiger partial charge in [-0.25, -0.2) is 4.39 Å². The smallest absolute Gasteiger partial charge is 0.246 e. The zero-order valence-electron chi connectivity index (χ0n) is 15.9. The minimum atomic E-state index is -0.286. The summed E-state index contributed by atoms with van der Waals surface area (Å²) in [5, 5.41) is 4.80. The number of benzene rings is 1. The highest BCUT2D eigenvalue weighted by Crippen LogP contribution is 2.21. The minimum Gasteiger partial charge on any atom is -0.337 e. The topological polar surface area (TPSA) is 41.4 Å². The molecule has 27 heavy (non-hydrogen) atoms. The molecular formula is C20H24ClFN4O. The van der Waals surface area contributed by atoms with Gasteiger partial charge in [-0.15, -0.1) is 0 Å². The van der Waals surface area contributed by atoms with Gasteiger partial charge in [-0.1, -0.05) is 17.7 Å². The zero-order chi connectivity index (χ0) is 19.6. The van der Waals surface area contributed by atoms with Crippen LogP contribution in [0, 0.1) is 19.7 Å². The lowest BCUT2D eigenvalue weighted by atomic mass is 10.1. The summed E-state index contributed by atoms with van der Waals surface area (Å²) in [6, 6.07) is 4.73. The van der Waals surface area contributed by atoms with E-state index in [9.17, 15) is 9.18 Å². The van der Waals surface area contributed by atoms with Crippen molar-refractivity contribution in [2.24, 2.45) is 7.05 Å². The lowest BCUT2D eigenvalue weighted by Crippen LogP contribution is -2.47. The van der Waals surface area contributed by atoms with Crippen LogP contribution in [0.2, 0.25) is 5.02 Å². The maximum Gasteiger partial charge on any atom is 0.246 e. The summed E-state index contributed by atoms with van der Waals surface area (Å²) in [6.07, 6.45) is 3.45. The Kier molecular flexibility index (Phi) is 5.97. The van der Waals surface area contributed by atoms with Crippen molar-refractivity contribution in [3.05, 3.63) is 57.6 Å². The van der Waals surface area contributed by atoms with E-state index in [1.54, 1.807) is 18.2 Å². The van der Waals surface area contributed by atoms with Gasteiger partial charge >= 0.3 is 0 Å². The summed E-state index contributed by atoms with van der Waals surface area (Å²) in [5.74, 6) is -0.299. The van der Waals surface area contributed by atoms with Gasteiger partial charge in [-0.05, 0) is 32.1 Å². The number of rotatable bonds is 4. The van der Waals surface area contributed by atoms with E-state index in [2.05, 4.69) is 10.00 Å². The third kappa shape index (κ3) is 4.39. The molecule has 0 unspecified atom stereocenters. The number of halogens is 2. The first-order chi connectivity index (χ1) is 12.9. The molecule has 0 spiro atoms. The van der Waals surface area contributed by atoms with Crippen molar-refractivity contribution in [2.75, 3.05) is 26.2 Å². The summed E-state index contributed by atoms with van der Waals surface area (Å²) < 4.78 is 15.8. The fourth-order valence-corrected chi connectivity index (χ4v) is 3.55. The summed E-state index contributed by atoms with van der Waals surface area (Å²) >= 11 is 6.11. The fraction of sp³-hybridized carbons (Fsp3) is 0.400. The zero-order valence-corrected chi connectivity index (χ0v) is 16.6. The molecular weight excluding hydrogens is 367 g/mol. The molecule has 0 radical (unpaired) electrons. The second-order valence-corrected chi connectivity index (χ2v) is 7.25. The monoisotopic (exact) mass is 390 g/mol. The van der Waals surface area contributed by atoms with Gasteiger partial charge < -0.3 is 4.90 Å². The summed E-state index contributed by atoms with van der Waals surface area (Å²) in [5.41, 5.74) is 3.44. The van der Waals surface area contributed by atoms with Crippen molar-refractivity contribution in [1.82, 2.24) is 19.6 Å². The highest BCUT2D eigenvalue weighted by Gasteiger charge is 2.21. The van der Waals surface area contributed by atoms with Crippen molar-refractivity contribution < 1.29 is 9.18 Å². The number of amides is 1. The van der Waals surface area contributed by atoms with E-state index >= 15 is 0 Å². The van der Waals surface area contributed by atoms with Crippen LogP contribution in [-0.4, -0.2) is 51.7 Å². The summed E-state index contributed by atoms with van der Waals surface area (Å²) in [6.45, 7) is 6.98. The Labute approximate surface area is 164 Å². The quantitative estimate of drug-likeness (QED) is 0.753. The maximum absolute atomic E-state index is 13.9. The SMILES string of the molecule is Cc1nn(C)c(C)c1/C=C/C(=O)N1CCN(Cc2c(F)cccc2Cl)CC1. The number of hydrogen-bond donors (Lipinski definition) is 0. The lowest BCUT2D eigenvalue weighted by molar-refractivity contribution is -0.127. The van der Waals surface area contributed by atoms with Crippen LogP contribution < -0.4 is 0 Å². The van der Waals surface area contributed by atoms with Crippen molar-refractivity contribution in [3.8, 4) is 0 Å². The Morgan fingerprint density at radius 2 is 1.96 bits per heavy atom. The molecule has 1 fully saturated rings. The number of aromatic nitrogens is 2. The van der Waals surface area contributed by atoms with Crippen LogP contribution in [0.5, 0.6) is 0 Å². The van der Waals surface area contributed by atoms with Gasteiger partial charge in [0.05, 0.1) is 5.69 Å². The Hall–Kier alpha value is -2.18. The van der Waals surface area contributed by atoms with Crippen LogP contribution in [0.3, 0.4) is 0 Å². The molecule has 0 N–H and O–H groups in total. The van der Waals surface area contributed by atoms with Crippen LogP contribution in [0.15, 0.2) is 24.3 Å². The Balaban J connectivity index is 1.57. The average Bonchev–Trinajstić information content (AvgIpc) is 2.89. The standard InChI is InChI=1S/C20H24ClFN4O/c1-14-16(15(2)24(3)23-14)7-8-20(27)26-11-9-25(10-12-26)13-17-18(21)5-4-6-19(17)22/h4-8H,9-13H2,1-3H3/b8-7+. The number of hydrogen-bond acceptors (Lipinski definition) is 3. The average molecular weight is 391 g/mol. The molecule has 1 saturated heterocycles. The van der Waals surface area contributed by atoms with E-state index in [0.29, 0.717) is 43.3 Å². The Morgan fingerprint density at radius 3 is 2.56 bits per heavy atom. The first-order valence-corrected chi connectivity index (χ1v) is 9.37. The maximum atomic E-state index is 13.9. The van der Waals surface area contributed by atoms with Gasteiger partial charge in [-0.3, -0.25) is 14.4 Å². The molecule has 5 nitrogen and oxygen atoms in total. The van der Waals surface area contributed by atoms with Gasteiger partial charge in [0.25, 0.3) is 0 Å². The van der Waals surface area contributed by atoms with Gasteiger partial charge in [0.2, 0.25) is 5.91 Å². The third-order valence-corrected chi connectivity index (χ3v) is 5.44. The van der Waals surface area contributed by atoms with E-state index in [1.165, 1.54) is 6.07 Å². The molecule has 2 heterocycles. The second kappa shape index (κ2) is 8.23. The van der Waals surface area contributed by atoms with E-state index in [0.717, 1.165) is 17.0 Å². The van der Waals surface area contributed by atoms with E-state index in [-0.39, 0.29) is 11.7 Å². The minimum absolute atomic E-state index is 0.0128. The number of carbonyl (C=O) groups is 1. The first kappa shape index (κ1) is 19.6. The van der Waals surface area contributed by atoms with Crippen molar-refractivity contribution in [3.63, 3.8) is 0 Å². The van der Waals surface area contributed by atoms with Crippen molar-refractivity contribution in [2.45, 2.75) is 20.4 Å². The highest BCUT2D eigenvalue weighted by molar-refractivity contribution is 6.31. The van der Waals surface area contributed by atoms with Crippen LogP contribution >= 0.6 is 11.6 Å². The molecule has 7 heteroatoms. The van der Waals surface area contributed by atoms with E-state index in [4.69, 9.17) is 11.6 Å². The predicted octanol–water partition coefficient (Wildman–Crippen LogP) is 3.19. The lowest BCUT2D eigenvalue weighted by Gasteiger charge is -2.34. The summed E-state index contributed by atoms with van der Waals surface area (Å²) in [7, 11) is 1.89. The molecule has 0 atom stereocenters. The van der Waals surface area contributed by atoms with Crippen molar-refractivity contribution >= 4 is 23.6 Å². The van der Waals surface area contributed by atoms with Crippen LogP contribution in [-0.2, 0) is 18.4 Å². The third-order valence-electron chi connectivity index (χ3n) is 5.08. The molecule has 2 aromatic rings. The van der Waals surface area contributed by atoms with E-state index in [1.807, 2.05) is 36.6 Å². The Morgan fingerprint density at radius 1 is 1.26 bits per heavy atom. The van der Waals surface area contributed by atoms with Crippen LogP contribution in [0.1, 0.15) is 22.5 Å². The number of aryl methyl sites for hydroxylation is 2. The molecule has 1 aliphatic heterocycles. The molecule has 1 amide bonds. The normalized spacial score (nSPS) is 15.7. The van der Waals surface area contributed by atoms with Gasteiger partial charge in [0, 0.05) is 67.7 Å². The predicted molar refractivity (Wildman–Crippen MR) is 105 cm³/mol. The van der Waals surface area contributed by atoms with Crippen LogP contribution in [0.4, 0.5) is 4.39 Å². The van der Waals surface area contributed by atoms with Crippen LogP contribution in [0.25, 0.3) is 6.08 Å². The fourth-order valence-electron chi connectivity index (χ4n) is 3.32. The second-order valence-electron chi connectivity index (χ2n) is 6.84. The molecule has 1 aromatic carbocycles. The highest BCUT2D eigenvalue weighted by atomic mass is 35.5. The molecule has 3 rings (SSSR count). The number of carbonyl (C=O) groups excluding carboxylic acids is 1. The largest absolute Gasteiger partial charge is 0.337 e. The van der Waals surface area contributed by atoms with Gasteiger partial charge in [0.15, 0.2) is 0 Å².